The summed E-state index contributed by atoms with van der Waals surface area (Å²) in [4.78, 5) is 15.0. The average molecular weight is 1100 g/mol. The molecule has 4 heterocycles. The smallest absolute Gasteiger partial charge is 0.120 e. The van der Waals surface area contributed by atoms with Crippen LogP contribution in [0.4, 0.5) is 0 Å². The van der Waals surface area contributed by atoms with Gasteiger partial charge in [-0.25, -0.2) is 0 Å². The van der Waals surface area contributed by atoms with E-state index in [1.165, 1.54) is 44.3 Å². The molecule has 0 bridgehead atoms. The number of pyridine rings is 2. The number of rotatable bonds is 9. The Morgan fingerprint density at radius 1 is 0.725 bits per heavy atom. The van der Waals surface area contributed by atoms with Crippen molar-refractivity contribution in [1.82, 2.24) is 19.5 Å². The first kappa shape index (κ1) is 45.2. The molecule has 1 radical (unpaired) electrons. The molecule has 0 fully saturated rings. The number of furan rings is 1. The van der Waals surface area contributed by atoms with E-state index in [0.717, 1.165) is 67.0 Å². The number of fused-ring (bicyclic) bond motifs is 4. The van der Waals surface area contributed by atoms with E-state index in [9.17, 15) is 0 Å². The number of imidazole rings is 1. The minimum Gasteiger partial charge on any atom is -0.501 e. The zero-order valence-electron chi connectivity index (χ0n) is 44.5. The molecule has 5 nitrogen and oxygen atoms in total. The van der Waals surface area contributed by atoms with Crippen molar-refractivity contribution in [3.05, 3.63) is 197 Å². The summed E-state index contributed by atoms with van der Waals surface area (Å²) >= 11 is 0. The van der Waals surface area contributed by atoms with Crippen molar-refractivity contribution >= 4 is 46.2 Å². The summed E-state index contributed by atoms with van der Waals surface area (Å²) in [6, 6.07) is 54.1. The van der Waals surface area contributed by atoms with Gasteiger partial charge in [0.1, 0.15) is 5.58 Å². The molecule has 10 rings (SSSR count). The summed E-state index contributed by atoms with van der Waals surface area (Å²) in [5, 5.41) is 3.50. The minimum absolute atomic E-state index is 0. The first-order valence-electron chi connectivity index (χ1n) is 25.2. The second kappa shape index (κ2) is 19.6. The van der Waals surface area contributed by atoms with E-state index in [1.54, 1.807) is 18.2 Å². The van der Waals surface area contributed by atoms with E-state index >= 15 is 0 Å². The maximum atomic E-state index is 7.56. The Morgan fingerprint density at radius 3 is 2.03 bits per heavy atom. The molecule has 0 spiro atoms. The largest absolute Gasteiger partial charge is 0.501 e. The number of nitrogens with zero attached hydrogens (tertiary/aromatic N) is 4. The number of benzene rings is 6. The summed E-state index contributed by atoms with van der Waals surface area (Å²) < 4.78 is 31.5. The first-order chi connectivity index (χ1) is 33.7. The van der Waals surface area contributed by atoms with Crippen LogP contribution in [0.15, 0.2) is 150 Å². The van der Waals surface area contributed by atoms with Crippen LogP contribution >= 0.6 is 0 Å². The zero-order valence-corrected chi connectivity index (χ0v) is 44.9. The zero-order chi connectivity index (χ0) is 50.6. The molecule has 4 aromatic heterocycles. The van der Waals surface area contributed by atoms with Crippen LogP contribution in [0.5, 0.6) is 0 Å². The molecular formula is C62H62IrN4OSi-2. The Morgan fingerprint density at radius 2 is 1.39 bits per heavy atom. The quantitative estimate of drug-likeness (QED) is 0.107. The Labute approximate surface area is 427 Å². The predicted molar refractivity (Wildman–Crippen MR) is 288 cm³/mol. The Balaban J connectivity index is 0.000000204. The topological polar surface area (TPSA) is 56.7 Å². The summed E-state index contributed by atoms with van der Waals surface area (Å²) in [5.74, 6) is 1.37. The van der Waals surface area contributed by atoms with Crippen molar-refractivity contribution in [2.24, 2.45) is 0 Å². The number of hydrogen-bond donors (Lipinski definition) is 0. The van der Waals surface area contributed by atoms with E-state index in [1.807, 2.05) is 37.4 Å². The molecule has 0 amide bonds. The van der Waals surface area contributed by atoms with Crippen LogP contribution in [-0.2, 0) is 25.5 Å². The first-order valence-corrected chi connectivity index (χ1v) is 27.2. The van der Waals surface area contributed by atoms with Gasteiger partial charge in [-0.05, 0) is 94.2 Å². The van der Waals surface area contributed by atoms with Crippen LogP contribution in [0.2, 0.25) is 19.6 Å². The van der Waals surface area contributed by atoms with Gasteiger partial charge in [0.2, 0.25) is 0 Å². The van der Waals surface area contributed by atoms with Crippen LogP contribution in [-0.4, -0.2) is 27.6 Å². The molecule has 0 saturated carbocycles. The van der Waals surface area contributed by atoms with Gasteiger partial charge in [0.05, 0.1) is 36.2 Å². The van der Waals surface area contributed by atoms with Crippen molar-refractivity contribution < 1.29 is 28.6 Å². The molecule has 0 N–H and O–H groups in total. The van der Waals surface area contributed by atoms with Gasteiger partial charge in [0.15, 0.2) is 0 Å². The van der Waals surface area contributed by atoms with Crippen molar-refractivity contribution in [1.29, 1.82) is 0 Å². The molecular weight excluding hydrogens is 1040 g/mol. The van der Waals surface area contributed by atoms with Gasteiger partial charge < -0.3 is 14.0 Å². The summed E-state index contributed by atoms with van der Waals surface area (Å²) in [5.41, 5.74) is 16.8. The maximum Gasteiger partial charge on any atom is 0.120 e. The summed E-state index contributed by atoms with van der Waals surface area (Å²) in [6.45, 7) is 22.6. The standard InChI is InChI=1S/C38H34N3O.C24H28NSi.Ir/c1-22(2)31-20-27(26-13-8-7-9-14-26)21-32(23(3)4)36(31)41-35-25(6)39-24(5)19-33(35)40-38(41)30-17-12-16-29-28-15-10-11-18-34(28)42-37(29)30;1-18-12-14-19(15-13-18)22-16-21(23(17-25-22)26(4,5)6)24(2,3)20-10-8-7-9-11-20;/h7-16,18-23H,1-6H3;7-14,16-17H,1-6H3;/q2*-1;/i;1D3;. The predicted octanol–water partition coefficient (Wildman–Crippen LogP) is 16.0. The number of hydrogen-bond acceptors (Lipinski definition) is 4. The van der Waals surface area contributed by atoms with Crippen LogP contribution in [0.1, 0.15) is 96.7 Å². The van der Waals surface area contributed by atoms with Gasteiger partial charge in [-0.2, -0.15) is 0 Å². The van der Waals surface area contributed by atoms with Crippen LogP contribution in [0, 0.1) is 32.8 Å². The van der Waals surface area contributed by atoms with Gasteiger partial charge in [-0.15, -0.1) is 53.6 Å². The van der Waals surface area contributed by atoms with Crippen molar-refractivity contribution in [2.75, 3.05) is 0 Å². The van der Waals surface area contributed by atoms with Gasteiger partial charge in [0.25, 0.3) is 0 Å². The van der Waals surface area contributed by atoms with Crippen LogP contribution < -0.4 is 5.19 Å². The molecule has 0 unspecified atom stereocenters. The third kappa shape index (κ3) is 9.58. The Bertz CT molecular complexity index is 3530. The van der Waals surface area contributed by atoms with E-state index in [0.29, 0.717) is 5.56 Å². The fourth-order valence-corrected chi connectivity index (χ4v) is 11.2. The van der Waals surface area contributed by atoms with E-state index in [2.05, 4.69) is 182 Å². The Kier molecular flexibility index (Phi) is 12.9. The van der Waals surface area contributed by atoms with Gasteiger partial charge in [0, 0.05) is 52.6 Å². The summed E-state index contributed by atoms with van der Waals surface area (Å²) in [7, 11) is -1.63. The number of aryl methyl sites for hydroxylation is 3. The van der Waals surface area contributed by atoms with E-state index in [-0.39, 0.29) is 37.4 Å². The molecule has 0 aliphatic carbocycles. The molecule has 10 aromatic rings. The fourth-order valence-electron chi connectivity index (χ4n) is 9.60. The Hall–Kier alpha value is -6.24. The molecule has 0 aliphatic rings. The molecule has 0 saturated heterocycles. The molecule has 6 aromatic carbocycles. The molecule has 0 aliphatic heterocycles. The second-order valence-corrected chi connectivity index (χ2v) is 25.2. The molecule has 351 valence electrons. The fraction of sp³-hybridized carbons (Fsp3) is 0.242. The SMILES string of the molecule is Cc1cc2nc(-c3[c-]ccc4c3oc3ccccc34)n(-c3c(C(C)C)cc(-c4ccccc4)cc3C(C)C)c2c(C)n1.[2H]C([2H])([2H])c1c[c-]c(-c2cc(C(C)(C)c3ccccc3)c([Si](C)(C)C)cn2)cc1.[Ir]. The van der Waals surface area contributed by atoms with Crippen molar-refractivity contribution in [3.63, 3.8) is 0 Å². The molecule has 7 heteroatoms. The van der Waals surface area contributed by atoms with E-state index < -0.39 is 14.9 Å². The van der Waals surface area contributed by atoms with Crippen molar-refractivity contribution in [2.45, 2.75) is 99.1 Å². The van der Waals surface area contributed by atoms with Crippen LogP contribution in [0.25, 0.3) is 72.4 Å². The summed E-state index contributed by atoms with van der Waals surface area (Å²) in [6.07, 6.45) is 2.02. The monoisotopic (exact) mass is 1100 g/mol. The number of aromatic nitrogens is 4. The number of para-hydroxylation sites is 1. The van der Waals surface area contributed by atoms with Crippen LogP contribution in [0.3, 0.4) is 0 Å². The van der Waals surface area contributed by atoms with Gasteiger partial charge in [-0.1, -0.05) is 164 Å². The molecule has 69 heavy (non-hydrogen) atoms. The average Bonchev–Trinajstić information content (AvgIpc) is 3.92. The third-order valence-electron chi connectivity index (χ3n) is 13.2. The van der Waals surface area contributed by atoms with Gasteiger partial charge >= 0.3 is 0 Å². The normalized spacial score (nSPS) is 12.7. The minimum atomic E-state index is -2.12. The van der Waals surface area contributed by atoms with E-state index in [4.69, 9.17) is 23.5 Å². The maximum absolute atomic E-state index is 7.56. The second-order valence-electron chi connectivity index (χ2n) is 20.2. The third-order valence-corrected chi connectivity index (χ3v) is 15.2. The molecule has 0 atom stereocenters. The van der Waals surface area contributed by atoms with Gasteiger partial charge in [-0.3, -0.25) is 9.97 Å². The van der Waals surface area contributed by atoms with Crippen molar-refractivity contribution in [3.8, 4) is 39.5 Å².